The molecule has 1 aliphatic carbocycles. The highest BCUT2D eigenvalue weighted by molar-refractivity contribution is 9.10. The molecule has 1 fully saturated rings. The van der Waals surface area contributed by atoms with Crippen LogP contribution in [0.4, 0.5) is 15.8 Å². The quantitative estimate of drug-likeness (QED) is 0.824. The van der Waals surface area contributed by atoms with Gasteiger partial charge in [0, 0.05) is 18.7 Å². The van der Waals surface area contributed by atoms with E-state index in [1.165, 1.54) is 12.8 Å². The van der Waals surface area contributed by atoms with Gasteiger partial charge in [0.15, 0.2) is 0 Å². The van der Waals surface area contributed by atoms with Gasteiger partial charge in [-0.1, -0.05) is 0 Å². The largest absolute Gasteiger partial charge is 0.383 e. The van der Waals surface area contributed by atoms with E-state index in [2.05, 4.69) is 26.6 Å². The summed E-state index contributed by atoms with van der Waals surface area (Å²) in [5, 5.41) is 6.81. The minimum atomic E-state index is -0.204. The van der Waals surface area contributed by atoms with E-state index in [1.54, 1.807) is 6.07 Å². The first-order valence-electron chi connectivity index (χ1n) is 5.73. The molecule has 3 rings (SSSR count). The van der Waals surface area contributed by atoms with E-state index in [-0.39, 0.29) is 5.82 Å². The van der Waals surface area contributed by atoms with Crippen molar-refractivity contribution in [2.24, 2.45) is 5.92 Å². The van der Waals surface area contributed by atoms with Crippen molar-refractivity contribution >= 4 is 27.3 Å². The zero-order valence-electron chi connectivity index (χ0n) is 8.89. The van der Waals surface area contributed by atoms with Gasteiger partial charge in [-0.15, -0.1) is 0 Å². The van der Waals surface area contributed by atoms with Crippen molar-refractivity contribution < 1.29 is 4.39 Å². The summed E-state index contributed by atoms with van der Waals surface area (Å²) in [7, 11) is 0. The molecule has 0 spiro atoms. The van der Waals surface area contributed by atoms with Crippen molar-refractivity contribution in [3.05, 3.63) is 22.4 Å². The fourth-order valence-corrected chi connectivity index (χ4v) is 2.64. The number of hydrogen-bond donors (Lipinski definition) is 2. The number of benzene rings is 1. The van der Waals surface area contributed by atoms with Crippen LogP contribution in [-0.2, 0) is 0 Å². The molecule has 1 saturated carbocycles. The van der Waals surface area contributed by atoms with Crippen LogP contribution in [0.25, 0.3) is 0 Å². The molecule has 1 aromatic rings. The van der Waals surface area contributed by atoms with Crippen LogP contribution < -0.4 is 10.6 Å². The topological polar surface area (TPSA) is 24.1 Å². The Morgan fingerprint density at radius 3 is 2.75 bits per heavy atom. The number of rotatable bonds is 1. The van der Waals surface area contributed by atoms with E-state index in [4.69, 9.17) is 0 Å². The average molecular weight is 285 g/mol. The molecule has 0 aromatic heterocycles. The van der Waals surface area contributed by atoms with Gasteiger partial charge in [0.2, 0.25) is 0 Å². The molecular weight excluding hydrogens is 271 g/mol. The zero-order valence-corrected chi connectivity index (χ0v) is 10.5. The molecule has 16 heavy (non-hydrogen) atoms. The van der Waals surface area contributed by atoms with Gasteiger partial charge >= 0.3 is 0 Å². The summed E-state index contributed by atoms with van der Waals surface area (Å²) in [5.41, 5.74) is 1.89. The van der Waals surface area contributed by atoms with Gasteiger partial charge in [0.05, 0.1) is 15.8 Å². The highest BCUT2D eigenvalue weighted by atomic mass is 79.9. The maximum absolute atomic E-state index is 13.5. The van der Waals surface area contributed by atoms with E-state index >= 15 is 0 Å². The second kappa shape index (κ2) is 3.91. The Kier molecular flexibility index (Phi) is 2.54. The van der Waals surface area contributed by atoms with Crippen LogP contribution in [0.3, 0.4) is 0 Å². The molecule has 2 N–H and O–H groups in total. The molecule has 2 nitrogen and oxygen atoms in total. The molecule has 4 heteroatoms. The highest BCUT2D eigenvalue weighted by Gasteiger charge is 2.32. The predicted molar refractivity (Wildman–Crippen MR) is 67.3 cm³/mol. The molecule has 1 aliphatic heterocycles. The number of hydrogen-bond acceptors (Lipinski definition) is 2. The Morgan fingerprint density at radius 2 is 2.00 bits per heavy atom. The highest BCUT2D eigenvalue weighted by Crippen LogP contribution is 2.39. The van der Waals surface area contributed by atoms with Crippen LogP contribution in [0.15, 0.2) is 16.6 Å². The van der Waals surface area contributed by atoms with Crippen LogP contribution >= 0.6 is 15.9 Å². The summed E-state index contributed by atoms with van der Waals surface area (Å²) in [6, 6.07) is 3.90. The minimum absolute atomic E-state index is 0.204. The number of nitrogens with one attached hydrogen (secondary N) is 2. The van der Waals surface area contributed by atoms with Crippen molar-refractivity contribution in [3.8, 4) is 0 Å². The third-order valence-electron chi connectivity index (χ3n) is 3.36. The molecule has 86 valence electrons. The second-order valence-electron chi connectivity index (χ2n) is 4.62. The summed E-state index contributed by atoms with van der Waals surface area (Å²) in [6.07, 6.45) is 3.73. The summed E-state index contributed by atoms with van der Waals surface area (Å²) in [4.78, 5) is 0. The van der Waals surface area contributed by atoms with Crippen LogP contribution in [0.5, 0.6) is 0 Å². The van der Waals surface area contributed by atoms with E-state index in [0.29, 0.717) is 10.5 Å². The molecule has 0 saturated heterocycles. The molecule has 2 aliphatic rings. The van der Waals surface area contributed by atoms with E-state index < -0.39 is 0 Å². The number of halogens is 2. The van der Waals surface area contributed by atoms with E-state index in [9.17, 15) is 4.39 Å². The van der Waals surface area contributed by atoms with Crippen LogP contribution in [0.1, 0.15) is 19.3 Å². The average Bonchev–Trinajstić information content (AvgIpc) is 3.04. The number of anilines is 2. The van der Waals surface area contributed by atoms with Gasteiger partial charge in [0.1, 0.15) is 5.82 Å². The lowest BCUT2D eigenvalue weighted by atomic mass is 10.1. The van der Waals surface area contributed by atoms with Crippen molar-refractivity contribution in [2.45, 2.75) is 25.3 Å². The summed E-state index contributed by atoms with van der Waals surface area (Å²) >= 11 is 3.21. The lowest BCUT2D eigenvalue weighted by molar-refractivity contribution is 0.605. The Balaban J connectivity index is 1.92. The van der Waals surface area contributed by atoms with Crippen LogP contribution in [-0.4, -0.2) is 12.6 Å². The van der Waals surface area contributed by atoms with Gasteiger partial charge in [-0.3, -0.25) is 0 Å². The second-order valence-corrected chi connectivity index (χ2v) is 5.47. The Labute approximate surface area is 103 Å². The first kappa shape index (κ1) is 10.4. The molecule has 0 bridgehead atoms. The monoisotopic (exact) mass is 284 g/mol. The third kappa shape index (κ3) is 1.90. The zero-order chi connectivity index (χ0) is 11.1. The molecule has 1 aromatic carbocycles. The summed E-state index contributed by atoms with van der Waals surface area (Å²) in [6.45, 7) is 0.958. The van der Waals surface area contributed by atoms with Gasteiger partial charge in [-0.25, -0.2) is 4.39 Å². The lowest BCUT2D eigenvalue weighted by Crippen LogP contribution is -2.21. The normalized spacial score (nSPS) is 24.0. The van der Waals surface area contributed by atoms with Gasteiger partial charge in [-0.05, 0) is 47.2 Å². The maximum atomic E-state index is 13.5. The Morgan fingerprint density at radius 1 is 1.19 bits per heavy atom. The molecular formula is C12H14BrFN2. The molecule has 1 atom stereocenters. The molecule has 0 amide bonds. The fraction of sp³-hybridized carbons (Fsp3) is 0.500. The lowest BCUT2D eigenvalue weighted by Gasteiger charge is -2.16. The van der Waals surface area contributed by atoms with E-state index in [0.717, 1.165) is 30.3 Å². The summed E-state index contributed by atoms with van der Waals surface area (Å²) < 4.78 is 14.0. The molecule has 1 heterocycles. The van der Waals surface area contributed by atoms with Gasteiger partial charge < -0.3 is 10.6 Å². The first-order chi connectivity index (χ1) is 7.74. The van der Waals surface area contributed by atoms with Gasteiger partial charge in [0.25, 0.3) is 0 Å². The molecule has 1 unspecified atom stereocenters. The van der Waals surface area contributed by atoms with Crippen molar-refractivity contribution in [2.75, 3.05) is 17.2 Å². The fourth-order valence-electron chi connectivity index (χ4n) is 2.30. The van der Waals surface area contributed by atoms with Crippen molar-refractivity contribution in [1.82, 2.24) is 0 Å². The maximum Gasteiger partial charge on any atom is 0.139 e. The standard InChI is InChI=1S/C12H14BrFN2/c13-8-5-11-12(6-9(8)14)16-10(3-4-15-11)7-1-2-7/h5-7,10,15-16H,1-4H2. The van der Waals surface area contributed by atoms with Crippen molar-refractivity contribution in [3.63, 3.8) is 0 Å². The third-order valence-corrected chi connectivity index (χ3v) is 3.97. The summed E-state index contributed by atoms with van der Waals surface area (Å²) in [5.74, 6) is 0.587. The Bertz CT molecular complexity index is 418. The predicted octanol–water partition coefficient (Wildman–Crippen LogP) is 3.59. The Hall–Kier alpha value is -0.770. The molecule has 0 radical (unpaired) electrons. The van der Waals surface area contributed by atoms with Crippen LogP contribution in [0, 0.1) is 11.7 Å². The minimum Gasteiger partial charge on any atom is -0.383 e. The van der Waals surface area contributed by atoms with E-state index in [1.807, 2.05) is 6.07 Å². The smallest absolute Gasteiger partial charge is 0.139 e. The van der Waals surface area contributed by atoms with Crippen LogP contribution in [0.2, 0.25) is 0 Å². The van der Waals surface area contributed by atoms with Crippen molar-refractivity contribution in [1.29, 1.82) is 0 Å². The van der Waals surface area contributed by atoms with Gasteiger partial charge in [-0.2, -0.15) is 0 Å². The number of fused-ring (bicyclic) bond motifs is 1. The SMILES string of the molecule is Fc1cc2c(cc1Br)NCCC(C1CC1)N2. The first-order valence-corrected chi connectivity index (χ1v) is 6.53.